The molecular weight excluding hydrogens is 246 g/mol. The fraction of sp³-hybridized carbons (Fsp3) is 0.250. The van der Waals surface area contributed by atoms with Gasteiger partial charge in [-0.05, 0) is 35.2 Å². The van der Waals surface area contributed by atoms with E-state index in [1.54, 1.807) is 0 Å². The minimum Gasteiger partial charge on any atom is -0.388 e. The monoisotopic (exact) mass is 262 g/mol. The Balaban J connectivity index is 2.15. The topological polar surface area (TPSA) is 20.2 Å². The zero-order valence-electron chi connectivity index (χ0n) is 10.7. The van der Waals surface area contributed by atoms with Crippen LogP contribution in [0.1, 0.15) is 29.7 Å². The van der Waals surface area contributed by atoms with Crippen molar-refractivity contribution in [2.75, 3.05) is 0 Å². The van der Waals surface area contributed by atoms with Gasteiger partial charge in [0.15, 0.2) is 11.6 Å². The smallest absolute Gasteiger partial charge is 0.159 e. The average Bonchev–Trinajstić information content (AvgIpc) is 2.43. The van der Waals surface area contributed by atoms with E-state index in [2.05, 4.69) is 0 Å². The van der Waals surface area contributed by atoms with Gasteiger partial charge in [-0.15, -0.1) is 0 Å². The molecule has 0 aromatic heterocycles. The van der Waals surface area contributed by atoms with Crippen LogP contribution in [0.25, 0.3) is 0 Å². The van der Waals surface area contributed by atoms with Gasteiger partial charge in [0, 0.05) is 6.42 Å². The Hall–Kier alpha value is -1.74. The Bertz CT molecular complexity index is 566. The largest absolute Gasteiger partial charge is 0.388 e. The number of benzene rings is 2. The predicted octanol–water partition coefficient (Wildman–Crippen LogP) is 3.80. The molecule has 0 heterocycles. The number of halogens is 2. The summed E-state index contributed by atoms with van der Waals surface area (Å²) in [7, 11) is 0. The molecule has 0 aliphatic rings. The van der Waals surface area contributed by atoms with Gasteiger partial charge in [0.05, 0.1) is 6.10 Å². The number of rotatable bonds is 4. The Morgan fingerprint density at radius 1 is 1.00 bits per heavy atom. The standard InChI is InChI=1S/C16H16F2O/c1-2-11-4-3-5-13(8-11)16(19)10-12-6-7-14(17)15(18)9-12/h3-9,16,19H,2,10H2,1H3. The first-order chi connectivity index (χ1) is 9.10. The zero-order chi connectivity index (χ0) is 13.8. The van der Waals surface area contributed by atoms with Crippen molar-refractivity contribution in [3.05, 3.63) is 70.8 Å². The van der Waals surface area contributed by atoms with Crippen molar-refractivity contribution in [2.24, 2.45) is 0 Å². The molecule has 0 fully saturated rings. The fourth-order valence-corrected chi connectivity index (χ4v) is 2.03. The molecule has 0 aliphatic carbocycles. The Morgan fingerprint density at radius 3 is 2.47 bits per heavy atom. The van der Waals surface area contributed by atoms with Crippen molar-refractivity contribution < 1.29 is 13.9 Å². The second kappa shape index (κ2) is 5.93. The van der Waals surface area contributed by atoms with Gasteiger partial charge in [0.1, 0.15) is 0 Å². The van der Waals surface area contributed by atoms with E-state index < -0.39 is 17.7 Å². The maximum atomic E-state index is 13.1. The number of hydrogen-bond acceptors (Lipinski definition) is 1. The summed E-state index contributed by atoms with van der Waals surface area (Å²) in [5.41, 5.74) is 2.51. The normalized spacial score (nSPS) is 12.4. The van der Waals surface area contributed by atoms with Gasteiger partial charge < -0.3 is 5.11 Å². The van der Waals surface area contributed by atoms with E-state index in [4.69, 9.17) is 0 Å². The first-order valence-corrected chi connectivity index (χ1v) is 6.31. The summed E-state index contributed by atoms with van der Waals surface area (Å²) in [6, 6.07) is 11.4. The van der Waals surface area contributed by atoms with Gasteiger partial charge in [-0.1, -0.05) is 37.3 Å². The summed E-state index contributed by atoms with van der Waals surface area (Å²) in [5.74, 6) is -1.75. The van der Waals surface area contributed by atoms with E-state index >= 15 is 0 Å². The van der Waals surface area contributed by atoms with Crippen LogP contribution in [0.3, 0.4) is 0 Å². The van der Waals surface area contributed by atoms with Crippen molar-refractivity contribution >= 4 is 0 Å². The minimum absolute atomic E-state index is 0.268. The first kappa shape index (κ1) is 13.7. The van der Waals surface area contributed by atoms with Crippen LogP contribution in [0.2, 0.25) is 0 Å². The lowest BCUT2D eigenvalue weighted by molar-refractivity contribution is 0.178. The van der Waals surface area contributed by atoms with Crippen LogP contribution < -0.4 is 0 Å². The number of hydrogen-bond donors (Lipinski definition) is 1. The van der Waals surface area contributed by atoms with Gasteiger partial charge >= 0.3 is 0 Å². The van der Waals surface area contributed by atoms with Crippen molar-refractivity contribution in [3.8, 4) is 0 Å². The first-order valence-electron chi connectivity index (χ1n) is 6.31. The van der Waals surface area contributed by atoms with Gasteiger partial charge in [-0.25, -0.2) is 8.78 Å². The second-order valence-corrected chi connectivity index (χ2v) is 4.57. The van der Waals surface area contributed by atoms with Crippen LogP contribution in [-0.2, 0) is 12.8 Å². The summed E-state index contributed by atoms with van der Waals surface area (Å²) in [6.45, 7) is 2.04. The molecule has 3 heteroatoms. The van der Waals surface area contributed by atoms with Crippen LogP contribution in [0.15, 0.2) is 42.5 Å². The molecule has 1 N–H and O–H groups in total. The molecule has 2 aromatic rings. The lowest BCUT2D eigenvalue weighted by Crippen LogP contribution is -2.03. The second-order valence-electron chi connectivity index (χ2n) is 4.57. The molecule has 1 nitrogen and oxygen atoms in total. The molecule has 0 aliphatic heterocycles. The molecule has 19 heavy (non-hydrogen) atoms. The van der Waals surface area contributed by atoms with E-state index in [9.17, 15) is 13.9 Å². The highest BCUT2D eigenvalue weighted by atomic mass is 19.2. The van der Waals surface area contributed by atoms with Gasteiger partial charge in [0.2, 0.25) is 0 Å². The van der Waals surface area contributed by atoms with Crippen LogP contribution in [-0.4, -0.2) is 5.11 Å². The summed E-state index contributed by atoms with van der Waals surface area (Å²) in [4.78, 5) is 0. The van der Waals surface area contributed by atoms with Gasteiger partial charge in [-0.3, -0.25) is 0 Å². The quantitative estimate of drug-likeness (QED) is 0.888. The van der Waals surface area contributed by atoms with Crippen molar-refractivity contribution in [1.82, 2.24) is 0 Å². The molecule has 0 bridgehead atoms. The predicted molar refractivity (Wildman–Crippen MR) is 70.8 cm³/mol. The molecule has 0 radical (unpaired) electrons. The van der Waals surface area contributed by atoms with Crippen LogP contribution >= 0.6 is 0 Å². The highest BCUT2D eigenvalue weighted by Crippen LogP contribution is 2.20. The minimum atomic E-state index is -0.882. The lowest BCUT2D eigenvalue weighted by Gasteiger charge is -2.12. The molecule has 0 amide bonds. The fourth-order valence-electron chi connectivity index (χ4n) is 2.03. The van der Waals surface area contributed by atoms with Crippen LogP contribution in [0, 0.1) is 11.6 Å². The average molecular weight is 262 g/mol. The van der Waals surface area contributed by atoms with Crippen LogP contribution in [0.4, 0.5) is 8.78 Å². The Morgan fingerprint density at radius 2 is 1.79 bits per heavy atom. The summed E-state index contributed by atoms with van der Waals surface area (Å²) < 4.78 is 25.9. The van der Waals surface area contributed by atoms with E-state index in [-0.39, 0.29) is 6.42 Å². The molecule has 1 unspecified atom stereocenters. The summed E-state index contributed by atoms with van der Waals surface area (Å²) in [5, 5.41) is 10.1. The zero-order valence-corrected chi connectivity index (χ0v) is 10.7. The maximum Gasteiger partial charge on any atom is 0.159 e. The van der Waals surface area contributed by atoms with E-state index in [0.717, 1.165) is 29.7 Å². The summed E-state index contributed by atoms with van der Waals surface area (Å²) >= 11 is 0. The molecule has 100 valence electrons. The Kier molecular flexibility index (Phi) is 4.27. The highest BCUT2D eigenvalue weighted by Gasteiger charge is 2.11. The summed E-state index contributed by atoms with van der Waals surface area (Å²) in [6.07, 6.45) is 0.451. The molecule has 1 atom stereocenters. The van der Waals surface area contributed by atoms with Gasteiger partial charge in [-0.2, -0.15) is 0 Å². The maximum absolute atomic E-state index is 13.1. The van der Waals surface area contributed by atoms with Crippen molar-refractivity contribution in [3.63, 3.8) is 0 Å². The molecular formula is C16H16F2O. The SMILES string of the molecule is CCc1cccc(C(O)Cc2ccc(F)c(F)c2)c1. The van der Waals surface area contributed by atoms with Crippen molar-refractivity contribution in [1.29, 1.82) is 0 Å². The third kappa shape index (κ3) is 3.38. The van der Waals surface area contributed by atoms with E-state index in [1.807, 2.05) is 31.2 Å². The molecule has 2 aromatic carbocycles. The molecule has 2 rings (SSSR count). The highest BCUT2D eigenvalue weighted by molar-refractivity contribution is 5.27. The van der Waals surface area contributed by atoms with E-state index in [1.165, 1.54) is 6.07 Å². The van der Waals surface area contributed by atoms with Gasteiger partial charge in [0.25, 0.3) is 0 Å². The lowest BCUT2D eigenvalue weighted by atomic mass is 9.99. The third-order valence-corrected chi connectivity index (χ3v) is 3.16. The number of aliphatic hydroxyl groups is 1. The van der Waals surface area contributed by atoms with Crippen molar-refractivity contribution in [2.45, 2.75) is 25.9 Å². The van der Waals surface area contributed by atoms with Crippen LogP contribution in [0.5, 0.6) is 0 Å². The number of aryl methyl sites for hydroxylation is 1. The molecule has 0 saturated carbocycles. The molecule has 0 saturated heterocycles. The third-order valence-electron chi connectivity index (χ3n) is 3.16. The Labute approximate surface area is 111 Å². The number of aliphatic hydroxyl groups excluding tert-OH is 1. The molecule has 0 spiro atoms. The van der Waals surface area contributed by atoms with E-state index in [0.29, 0.717) is 5.56 Å².